The average molecular weight is 377 g/mol. The molecule has 2 aromatic rings. The first-order valence-corrected chi connectivity index (χ1v) is 9.27. The van der Waals surface area contributed by atoms with Gasteiger partial charge in [0, 0.05) is 22.2 Å². The van der Waals surface area contributed by atoms with Crippen molar-refractivity contribution in [2.75, 3.05) is 7.11 Å². The lowest BCUT2D eigenvalue weighted by molar-refractivity contribution is 0.0957. The van der Waals surface area contributed by atoms with Crippen LogP contribution in [0.3, 0.4) is 0 Å². The average Bonchev–Trinajstić information content (AvgIpc) is 2.60. The molecule has 0 saturated heterocycles. The molecule has 2 rings (SSSR count). The maximum atomic E-state index is 13.1. The Morgan fingerprint density at radius 2 is 1.68 bits per heavy atom. The molecule has 0 bridgehead atoms. The summed E-state index contributed by atoms with van der Waals surface area (Å²) in [6.45, 7) is 11.8. The van der Waals surface area contributed by atoms with Gasteiger partial charge in [-0.25, -0.2) is 0 Å². The minimum absolute atomic E-state index is 0.251. The predicted molar refractivity (Wildman–Crippen MR) is 113 cm³/mol. The van der Waals surface area contributed by atoms with E-state index in [-0.39, 0.29) is 5.91 Å². The van der Waals surface area contributed by atoms with E-state index in [1.54, 1.807) is 19.2 Å². The molecule has 4 nitrogen and oxygen atoms in total. The number of amides is 1. The number of rotatable bonds is 4. The van der Waals surface area contributed by atoms with Crippen molar-refractivity contribution in [1.29, 1.82) is 5.26 Å². The van der Waals surface area contributed by atoms with Crippen molar-refractivity contribution in [2.45, 2.75) is 41.5 Å². The van der Waals surface area contributed by atoms with E-state index in [1.165, 1.54) is 0 Å². The first-order valence-electron chi connectivity index (χ1n) is 9.27. The standard InChI is InChI=1S/C24H28N2O2/c1-15-11-16(2)13-18(12-15)20(14-25)22(24(4,5)6)26-23(27)19-9-8-10-21(28-7)17(19)3/h8-13H,1-7H3,(H,26,27). The van der Waals surface area contributed by atoms with Crippen LogP contribution in [0.5, 0.6) is 5.75 Å². The zero-order chi connectivity index (χ0) is 21.1. The van der Waals surface area contributed by atoms with Crippen molar-refractivity contribution in [3.8, 4) is 11.8 Å². The summed E-state index contributed by atoms with van der Waals surface area (Å²) in [5.41, 5.74) is 4.91. The minimum Gasteiger partial charge on any atom is -0.496 e. The monoisotopic (exact) mass is 376 g/mol. The molecule has 0 aliphatic heterocycles. The molecular formula is C24H28N2O2. The Balaban J connectivity index is 2.59. The van der Waals surface area contributed by atoms with Gasteiger partial charge in [-0.3, -0.25) is 4.79 Å². The molecule has 0 saturated carbocycles. The van der Waals surface area contributed by atoms with Crippen molar-refractivity contribution in [3.05, 3.63) is 69.9 Å². The molecule has 0 fully saturated rings. The summed E-state index contributed by atoms with van der Waals surface area (Å²) in [6.07, 6.45) is 0. The summed E-state index contributed by atoms with van der Waals surface area (Å²) in [7, 11) is 1.58. The van der Waals surface area contributed by atoms with E-state index in [4.69, 9.17) is 4.74 Å². The van der Waals surface area contributed by atoms with Crippen molar-refractivity contribution in [1.82, 2.24) is 5.32 Å². The Morgan fingerprint density at radius 3 is 2.18 bits per heavy atom. The molecule has 1 N–H and O–H groups in total. The summed E-state index contributed by atoms with van der Waals surface area (Å²) in [5.74, 6) is 0.405. The van der Waals surface area contributed by atoms with Crippen LogP contribution >= 0.6 is 0 Å². The largest absolute Gasteiger partial charge is 0.496 e. The smallest absolute Gasteiger partial charge is 0.255 e. The second kappa shape index (κ2) is 8.31. The van der Waals surface area contributed by atoms with Crippen LogP contribution in [0.2, 0.25) is 0 Å². The summed E-state index contributed by atoms with van der Waals surface area (Å²) >= 11 is 0. The Hall–Kier alpha value is -3.06. The number of nitrogens with one attached hydrogen (secondary N) is 1. The third kappa shape index (κ3) is 4.61. The van der Waals surface area contributed by atoms with E-state index in [0.717, 1.165) is 22.3 Å². The molecule has 0 radical (unpaired) electrons. The Labute approximate surface area is 167 Å². The second-order valence-electron chi connectivity index (χ2n) is 8.08. The number of allylic oxidation sites excluding steroid dienone is 2. The van der Waals surface area contributed by atoms with Gasteiger partial charge >= 0.3 is 0 Å². The molecule has 28 heavy (non-hydrogen) atoms. The highest BCUT2D eigenvalue weighted by molar-refractivity contribution is 5.99. The van der Waals surface area contributed by atoms with Crippen LogP contribution in [0.15, 0.2) is 42.1 Å². The van der Waals surface area contributed by atoms with E-state index >= 15 is 0 Å². The van der Waals surface area contributed by atoms with Gasteiger partial charge in [-0.1, -0.05) is 56.2 Å². The van der Waals surface area contributed by atoms with Crippen LogP contribution in [0.4, 0.5) is 0 Å². The number of ether oxygens (including phenoxy) is 1. The number of hydrogen-bond acceptors (Lipinski definition) is 3. The molecule has 0 atom stereocenters. The van der Waals surface area contributed by atoms with Gasteiger partial charge in [0.2, 0.25) is 0 Å². The highest BCUT2D eigenvalue weighted by atomic mass is 16.5. The number of methoxy groups -OCH3 is 1. The molecule has 0 unspecified atom stereocenters. The van der Waals surface area contributed by atoms with Gasteiger partial charge in [-0.05, 0) is 38.5 Å². The summed E-state index contributed by atoms with van der Waals surface area (Å²) in [6, 6.07) is 13.7. The van der Waals surface area contributed by atoms with Gasteiger partial charge in [-0.15, -0.1) is 0 Å². The van der Waals surface area contributed by atoms with Crippen LogP contribution in [0.1, 0.15) is 53.4 Å². The van der Waals surface area contributed by atoms with Gasteiger partial charge in [0.05, 0.1) is 12.7 Å². The van der Waals surface area contributed by atoms with Gasteiger partial charge in [0.15, 0.2) is 0 Å². The number of carbonyl (C=O) groups is 1. The van der Waals surface area contributed by atoms with Crippen molar-refractivity contribution >= 4 is 11.5 Å². The topological polar surface area (TPSA) is 62.1 Å². The second-order valence-corrected chi connectivity index (χ2v) is 8.08. The lowest BCUT2D eigenvalue weighted by Crippen LogP contribution is -2.31. The summed E-state index contributed by atoms with van der Waals surface area (Å²) < 4.78 is 5.33. The third-order valence-electron chi connectivity index (χ3n) is 4.61. The summed E-state index contributed by atoms with van der Waals surface area (Å²) in [5, 5.41) is 13.0. The van der Waals surface area contributed by atoms with Crippen LogP contribution in [-0.2, 0) is 0 Å². The number of carbonyl (C=O) groups excluding carboxylic acids is 1. The SMILES string of the molecule is COc1cccc(C(=O)NC(=C(C#N)c2cc(C)cc(C)c2)C(C)(C)C)c1C. The Kier molecular flexibility index (Phi) is 6.30. The lowest BCUT2D eigenvalue weighted by atomic mass is 9.86. The molecule has 0 heterocycles. The number of benzene rings is 2. The molecule has 4 heteroatoms. The zero-order valence-electron chi connectivity index (χ0n) is 17.7. The molecule has 1 amide bonds. The Bertz CT molecular complexity index is 953. The summed E-state index contributed by atoms with van der Waals surface area (Å²) in [4.78, 5) is 13.1. The van der Waals surface area contributed by atoms with Crippen LogP contribution < -0.4 is 10.1 Å². The maximum absolute atomic E-state index is 13.1. The molecule has 2 aromatic carbocycles. The normalized spacial score (nSPS) is 12.1. The first kappa shape index (κ1) is 21.2. The number of aryl methyl sites for hydroxylation is 2. The maximum Gasteiger partial charge on any atom is 0.255 e. The third-order valence-corrected chi connectivity index (χ3v) is 4.61. The highest BCUT2D eigenvalue weighted by Crippen LogP contribution is 2.32. The van der Waals surface area contributed by atoms with Gasteiger partial charge in [0.1, 0.15) is 11.8 Å². The molecule has 0 spiro atoms. The van der Waals surface area contributed by atoms with E-state index in [9.17, 15) is 10.1 Å². The lowest BCUT2D eigenvalue weighted by Gasteiger charge is -2.26. The van der Waals surface area contributed by atoms with Crippen LogP contribution in [0.25, 0.3) is 5.57 Å². The first-order chi connectivity index (χ1) is 13.1. The van der Waals surface area contributed by atoms with Gasteiger partial charge < -0.3 is 10.1 Å². The fourth-order valence-corrected chi connectivity index (χ4v) is 3.27. The van der Waals surface area contributed by atoms with E-state index in [1.807, 2.05) is 59.7 Å². The fourth-order valence-electron chi connectivity index (χ4n) is 3.27. The quantitative estimate of drug-likeness (QED) is 0.734. The van der Waals surface area contributed by atoms with Crippen molar-refractivity contribution in [2.24, 2.45) is 5.41 Å². The van der Waals surface area contributed by atoms with E-state index in [0.29, 0.717) is 22.6 Å². The fraction of sp³-hybridized carbons (Fsp3) is 0.333. The molecule has 0 aromatic heterocycles. The van der Waals surface area contributed by atoms with E-state index < -0.39 is 5.41 Å². The van der Waals surface area contributed by atoms with Gasteiger partial charge in [-0.2, -0.15) is 5.26 Å². The molecule has 0 aliphatic rings. The Morgan fingerprint density at radius 1 is 1.07 bits per heavy atom. The highest BCUT2D eigenvalue weighted by Gasteiger charge is 2.26. The zero-order valence-corrected chi connectivity index (χ0v) is 17.7. The predicted octanol–water partition coefficient (Wildman–Crippen LogP) is 5.33. The van der Waals surface area contributed by atoms with E-state index in [2.05, 4.69) is 17.5 Å². The molecule has 146 valence electrons. The van der Waals surface area contributed by atoms with Crippen molar-refractivity contribution in [3.63, 3.8) is 0 Å². The molecule has 0 aliphatic carbocycles. The number of nitriles is 1. The molecular weight excluding hydrogens is 348 g/mol. The number of hydrogen-bond donors (Lipinski definition) is 1. The number of nitrogens with zero attached hydrogens (tertiary/aromatic N) is 1. The minimum atomic E-state index is -0.425. The van der Waals surface area contributed by atoms with Gasteiger partial charge in [0.25, 0.3) is 5.91 Å². The van der Waals surface area contributed by atoms with Crippen molar-refractivity contribution < 1.29 is 9.53 Å². The van der Waals surface area contributed by atoms with Crippen LogP contribution in [-0.4, -0.2) is 13.0 Å². The van der Waals surface area contributed by atoms with Crippen LogP contribution in [0, 0.1) is 37.5 Å².